The van der Waals surface area contributed by atoms with Crippen LogP contribution in [0.4, 0.5) is 21.4 Å². The highest BCUT2D eigenvalue weighted by atomic mass is 32.1. The monoisotopic (exact) mass is 603 g/mol. The quantitative estimate of drug-likeness (QED) is 0.116. The Labute approximate surface area is 255 Å². The van der Waals surface area contributed by atoms with Crippen LogP contribution < -0.4 is 16.0 Å². The van der Waals surface area contributed by atoms with Crippen molar-refractivity contribution in [2.45, 2.75) is 71.1 Å². The molecule has 1 unspecified atom stereocenters. The highest BCUT2D eigenvalue weighted by molar-refractivity contribution is 7.15. The Morgan fingerprint density at radius 2 is 1.60 bits per heavy atom. The molecular formula is C31H37N7O4S. The van der Waals surface area contributed by atoms with Gasteiger partial charge in [-0.2, -0.15) is 5.10 Å². The van der Waals surface area contributed by atoms with Crippen LogP contribution in [-0.2, 0) is 35.2 Å². The summed E-state index contributed by atoms with van der Waals surface area (Å²) in [6.45, 7) is 5.42. The van der Waals surface area contributed by atoms with E-state index >= 15 is 0 Å². The van der Waals surface area contributed by atoms with Gasteiger partial charge < -0.3 is 20.5 Å². The van der Waals surface area contributed by atoms with Crippen LogP contribution in [0.2, 0.25) is 0 Å². The van der Waals surface area contributed by atoms with E-state index in [4.69, 9.17) is 4.74 Å². The summed E-state index contributed by atoms with van der Waals surface area (Å²) in [6, 6.07) is 20.4. The zero-order valence-electron chi connectivity index (χ0n) is 24.5. The van der Waals surface area contributed by atoms with Crippen molar-refractivity contribution in [3.8, 4) is 0 Å². The van der Waals surface area contributed by atoms with Gasteiger partial charge >= 0.3 is 6.09 Å². The lowest BCUT2D eigenvalue weighted by Crippen LogP contribution is -2.27. The number of aliphatic hydroxyl groups is 1. The fourth-order valence-corrected chi connectivity index (χ4v) is 4.91. The summed E-state index contributed by atoms with van der Waals surface area (Å²) in [5.74, 6) is 0.308. The SMILES string of the molecule is CC(C)(C)OC(=O)Nc1ccc(CC(O)Nc2nnc(CCCCc3ccc(NC(=O)Cc4ccccc4)nn3)s2)cc1. The van der Waals surface area contributed by atoms with Crippen LogP contribution >= 0.6 is 11.3 Å². The van der Waals surface area contributed by atoms with Gasteiger partial charge in [-0.15, -0.1) is 15.3 Å². The number of nitrogens with one attached hydrogen (secondary N) is 3. The molecule has 0 saturated heterocycles. The summed E-state index contributed by atoms with van der Waals surface area (Å²) in [6.07, 6.45) is 2.63. The number of aromatic nitrogens is 4. The van der Waals surface area contributed by atoms with Crippen molar-refractivity contribution in [1.29, 1.82) is 0 Å². The van der Waals surface area contributed by atoms with E-state index in [1.807, 2.05) is 48.5 Å². The molecule has 0 aliphatic rings. The third-order valence-corrected chi connectivity index (χ3v) is 6.97. The Kier molecular flexibility index (Phi) is 11.1. The standard InChI is InChI=1S/C31H37N7O4S/c1-31(2,3)42-30(41)32-23-15-13-22(14-16-23)20-27(40)34-29-38-37-28(43-29)12-8-7-11-24-17-18-25(36-35-24)33-26(39)19-21-9-5-4-6-10-21/h4-6,9-10,13-18,27,40H,7-8,11-12,19-20H2,1-3H3,(H,32,41)(H,34,38)(H,33,36,39). The first kappa shape index (κ1) is 31.5. The lowest BCUT2D eigenvalue weighted by molar-refractivity contribution is -0.115. The number of hydrogen-bond donors (Lipinski definition) is 4. The van der Waals surface area contributed by atoms with Crippen molar-refractivity contribution in [1.82, 2.24) is 20.4 Å². The molecule has 0 saturated carbocycles. The molecule has 0 fully saturated rings. The van der Waals surface area contributed by atoms with Crippen LogP contribution in [-0.4, -0.2) is 49.3 Å². The van der Waals surface area contributed by atoms with Crippen molar-refractivity contribution < 1.29 is 19.4 Å². The smallest absolute Gasteiger partial charge is 0.412 e. The molecule has 226 valence electrons. The first-order valence-electron chi connectivity index (χ1n) is 14.1. The third-order valence-electron chi connectivity index (χ3n) is 6.05. The van der Waals surface area contributed by atoms with Gasteiger partial charge in [0.2, 0.25) is 11.0 Å². The van der Waals surface area contributed by atoms with Crippen LogP contribution in [0.25, 0.3) is 0 Å². The van der Waals surface area contributed by atoms with Gasteiger partial charge in [0.1, 0.15) is 16.8 Å². The average molecular weight is 604 g/mol. The Morgan fingerprint density at radius 3 is 2.30 bits per heavy atom. The van der Waals surface area contributed by atoms with E-state index in [2.05, 4.69) is 36.3 Å². The van der Waals surface area contributed by atoms with Crippen molar-refractivity contribution in [3.63, 3.8) is 0 Å². The number of rotatable bonds is 13. The number of benzene rings is 2. The number of carbonyl (C=O) groups excluding carboxylic acids is 2. The second kappa shape index (κ2) is 15.2. The number of nitrogens with zero attached hydrogens (tertiary/aromatic N) is 4. The van der Waals surface area contributed by atoms with Gasteiger partial charge in [-0.25, -0.2) is 4.79 Å². The molecule has 4 N–H and O–H groups in total. The fourth-order valence-electron chi connectivity index (χ4n) is 4.09. The second-order valence-corrected chi connectivity index (χ2v) is 12.1. The summed E-state index contributed by atoms with van der Waals surface area (Å²) in [4.78, 5) is 24.1. The normalized spacial score (nSPS) is 11.9. The number of hydrogen-bond acceptors (Lipinski definition) is 10. The van der Waals surface area contributed by atoms with E-state index in [0.29, 0.717) is 23.1 Å². The van der Waals surface area contributed by atoms with E-state index in [1.165, 1.54) is 11.3 Å². The first-order valence-corrected chi connectivity index (χ1v) is 15.0. The van der Waals surface area contributed by atoms with Gasteiger partial charge in [0.05, 0.1) is 12.1 Å². The predicted octanol–water partition coefficient (Wildman–Crippen LogP) is 5.39. The number of amides is 2. The molecule has 0 spiro atoms. The molecule has 2 aromatic carbocycles. The number of aryl methyl sites for hydroxylation is 2. The minimum atomic E-state index is -0.838. The molecule has 0 aliphatic heterocycles. The molecule has 2 amide bonds. The van der Waals surface area contributed by atoms with Gasteiger partial charge in [0.15, 0.2) is 5.82 Å². The Bertz CT molecular complexity index is 1460. The van der Waals surface area contributed by atoms with Gasteiger partial charge in [-0.3, -0.25) is 10.1 Å². The molecule has 0 radical (unpaired) electrons. The van der Waals surface area contributed by atoms with Gasteiger partial charge in [-0.05, 0) is 75.4 Å². The van der Waals surface area contributed by atoms with E-state index in [1.54, 1.807) is 39.0 Å². The molecular weight excluding hydrogens is 566 g/mol. The summed E-state index contributed by atoms with van der Waals surface area (Å²) in [5, 5.41) is 37.1. The topological polar surface area (TPSA) is 151 Å². The molecule has 4 rings (SSSR count). The predicted molar refractivity (Wildman–Crippen MR) is 167 cm³/mol. The zero-order chi connectivity index (χ0) is 30.7. The minimum absolute atomic E-state index is 0.130. The molecule has 12 heteroatoms. The van der Waals surface area contributed by atoms with Crippen molar-refractivity contribution in [2.24, 2.45) is 0 Å². The molecule has 2 heterocycles. The van der Waals surface area contributed by atoms with Crippen LogP contribution in [0, 0.1) is 0 Å². The maximum atomic E-state index is 12.2. The van der Waals surface area contributed by atoms with Crippen molar-refractivity contribution in [3.05, 3.63) is 88.6 Å². The lowest BCUT2D eigenvalue weighted by Gasteiger charge is -2.19. The van der Waals surface area contributed by atoms with Gasteiger partial charge in [0.25, 0.3) is 0 Å². The maximum absolute atomic E-state index is 12.2. The molecule has 2 aromatic heterocycles. The highest BCUT2D eigenvalue weighted by Crippen LogP contribution is 2.20. The molecule has 4 aromatic rings. The Morgan fingerprint density at radius 1 is 0.860 bits per heavy atom. The van der Waals surface area contributed by atoms with E-state index in [0.717, 1.165) is 47.5 Å². The van der Waals surface area contributed by atoms with Crippen LogP contribution in [0.15, 0.2) is 66.7 Å². The number of carbonyl (C=O) groups is 2. The van der Waals surface area contributed by atoms with Crippen LogP contribution in [0.1, 0.15) is 55.4 Å². The van der Waals surface area contributed by atoms with Gasteiger partial charge in [-0.1, -0.05) is 53.8 Å². The first-order chi connectivity index (χ1) is 20.6. The summed E-state index contributed by atoms with van der Waals surface area (Å²) in [7, 11) is 0. The minimum Gasteiger partial charge on any atom is -0.444 e. The second-order valence-electron chi connectivity index (χ2n) is 11.0. The molecule has 0 aliphatic carbocycles. The van der Waals surface area contributed by atoms with Gasteiger partial charge in [0, 0.05) is 18.5 Å². The number of ether oxygens (including phenoxy) is 1. The highest BCUT2D eigenvalue weighted by Gasteiger charge is 2.16. The zero-order valence-corrected chi connectivity index (χ0v) is 25.4. The van der Waals surface area contributed by atoms with E-state index in [9.17, 15) is 14.7 Å². The van der Waals surface area contributed by atoms with E-state index < -0.39 is 17.9 Å². The average Bonchev–Trinajstić information content (AvgIpc) is 3.39. The summed E-state index contributed by atoms with van der Waals surface area (Å²) >= 11 is 1.42. The maximum Gasteiger partial charge on any atom is 0.412 e. The molecule has 11 nitrogen and oxygen atoms in total. The third kappa shape index (κ3) is 11.4. The molecule has 1 atom stereocenters. The number of anilines is 3. The lowest BCUT2D eigenvalue weighted by atomic mass is 10.1. The molecule has 43 heavy (non-hydrogen) atoms. The van der Waals surface area contributed by atoms with Crippen molar-refractivity contribution >= 4 is 40.0 Å². The molecule has 0 bridgehead atoms. The van der Waals surface area contributed by atoms with Crippen molar-refractivity contribution in [2.75, 3.05) is 16.0 Å². The fraction of sp³-hybridized carbons (Fsp3) is 0.355. The van der Waals surface area contributed by atoms with E-state index in [-0.39, 0.29) is 12.3 Å². The largest absolute Gasteiger partial charge is 0.444 e. The number of unbranched alkanes of at least 4 members (excludes halogenated alkanes) is 1. The Hall–Kier alpha value is -4.42. The number of aliphatic hydroxyl groups excluding tert-OH is 1. The summed E-state index contributed by atoms with van der Waals surface area (Å²) < 4.78 is 5.26. The van der Waals surface area contributed by atoms with Crippen LogP contribution in [0.3, 0.4) is 0 Å². The summed E-state index contributed by atoms with van der Waals surface area (Å²) in [5.41, 5.74) is 2.74. The van der Waals surface area contributed by atoms with Crippen LogP contribution in [0.5, 0.6) is 0 Å². The Balaban J connectivity index is 1.13.